The molecule has 0 heterocycles. The van der Waals surface area contributed by atoms with E-state index in [1.54, 1.807) is 33.4 Å². The van der Waals surface area contributed by atoms with Crippen LogP contribution in [0.25, 0.3) is 0 Å². The average molecular weight is 1030 g/mol. The fraction of sp³-hybridized carbons (Fsp3) is 0.684. The zero-order chi connectivity index (χ0) is 53.9. The molecular formula is C76H116. The van der Waals surface area contributed by atoms with Crippen LogP contribution in [-0.4, -0.2) is 0 Å². The van der Waals surface area contributed by atoms with Crippen molar-refractivity contribution in [2.24, 2.45) is 117 Å². The Morgan fingerprint density at radius 2 is 0.842 bits per heavy atom. The molecule has 3 aromatic carbocycles. The smallest absolute Gasteiger partial charge is 0.0124 e. The summed E-state index contributed by atoms with van der Waals surface area (Å²) in [6.07, 6.45) is 32.6. The van der Waals surface area contributed by atoms with E-state index in [1.807, 2.05) is 0 Å². The van der Waals surface area contributed by atoms with Crippen LogP contribution in [0.5, 0.6) is 0 Å². The van der Waals surface area contributed by atoms with Gasteiger partial charge in [0.2, 0.25) is 0 Å². The van der Waals surface area contributed by atoms with E-state index in [0.717, 1.165) is 107 Å². The van der Waals surface area contributed by atoms with Gasteiger partial charge in [-0.05, 0) is 228 Å². The molecule has 19 unspecified atom stereocenters. The van der Waals surface area contributed by atoms with Crippen LogP contribution in [0.15, 0.2) is 109 Å². The summed E-state index contributed by atoms with van der Waals surface area (Å²) in [5.74, 6) is 17.8. The molecule has 6 bridgehead atoms. The molecule has 5 fully saturated rings. The summed E-state index contributed by atoms with van der Waals surface area (Å²) < 4.78 is 0. The molecule has 12 aliphatic carbocycles. The number of fused-ring (bicyclic) bond motifs is 9. The summed E-state index contributed by atoms with van der Waals surface area (Å²) in [6, 6.07) is 27.0. The van der Waals surface area contributed by atoms with Gasteiger partial charge in [0, 0.05) is 11.8 Å². The van der Waals surface area contributed by atoms with Gasteiger partial charge in [-0.15, -0.1) is 0 Å². The van der Waals surface area contributed by atoms with Gasteiger partial charge in [0.25, 0.3) is 0 Å². The predicted molar refractivity (Wildman–Crippen MR) is 334 cm³/mol. The van der Waals surface area contributed by atoms with Crippen LogP contribution in [0, 0.1) is 117 Å². The van der Waals surface area contributed by atoms with Gasteiger partial charge in [-0.3, -0.25) is 0 Å². The molecule has 0 radical (unpaired) electrons. The highest BCUT2D eigenvalue weighted by Crippen LogP contribution is 2.67. The minimum absolute atomic E-state index is 0. The molecule has 0 amide bonds. The molecule has 0 aromatic heterocycles. The lowest BCUT2D eigenvalue weighted by molar-refractivity contribution is -0.150. The predicted octanol–water partition coefficient (Wildman–Crippen LogP) is 22.1. The molecule has 76 heavy (non-hydrogen) atoms. The van der Waals surface area contributed by atoms with Gasteiger partial charge in [-0.2, -0.15) is 0 Å². The molecule has 420 valence electrons. The van der Waals surface area contributed by atoms with Gasteiger partial charge in [0.1, 0.15) is 0 Å². The number of allylic oxidation sites excluding steroid dienone is 6. The standard InChI is InChI=1S/C18H18.C13H20.C12H22.C12H16.C12H22.C8H14.CH4/c1-11-12(2)18-15-9-5-3-7-13(15)17(11)14-8-4-6-10-16(14)18;1-8-5-12-10-3-4-11(7-10)13(12)6-9(8)2;1-5-12(4)7-6-9-8-10(12)11(9,2)3;1-9-7-11-5-3-4-6-12(11)8-10(9)2;1-5-11-7-8-12(6-2)10(4)9(11)3;1-7-5-3-4-6-8(7)2;/h3-12,17-18H,1-2H3;3-4,8-13H,5-7H2,1-2H3;9-10H,5-8H2,1-4H3;3-6,9-10H,7-8H2,1-2H3;7-12H,5-6H2,1-4H3;3-4,7-8H,5-6H2,1-2H3;1H4. The third-order valence-corrected chi connectivity index (χ3v) is 24.5. The first-order chi connectivity index (χ1) is 35.8. The second-order valence-electron chi connectivity index (χ2n) is 28.8. The van der Waals surface area contributed by atoms with Crippen LogP contribution in [0.2, 0.25) is 0 Å². The van der Waals surface area contributed by atoms with Crippen molar-refractivity contribution in [1.82, 2.24) is 0 Å². The maximum atomic E-state index is 2.51. The third-order valence-electron chi connectivity index (χ3n) is 24.5. The Hall–Kier alpha value is -3.12. The van der Waals surface area contributed by atoms with E-state index in [-0.39, 0.29) is 7.43 Å². The topological polar surface area (TPSA) is 0 Å². The van der Waals surface area contributed by atoms with E-state index >= 15 is 0 Å². The Morgan fingerprint density at radius 3 is 1.17 bits per heavy atom. The molecule has 3 aromatic rings. The van der Waals surface area contributed by atoms with Crippen molar-refractivity contribution in [2.45, 2.75) is 214 Å². The zero-order valence-corrected chi connectivity index (χ0v) is 51.1. The summed E-state index contributed by atoms with van der Waals surface area (Å²) in [5.41, 5.74) is 10.8. The van der Waals surface area contributed by atoms with E-state index in [4.69, 9.17) is 0 Å². The first-order valence-corrected chi connectivity index (χ1v) is 32.1. The van der Waals surface area contributed by atoms with E-state index < -0.39 is 0 Å². The second kappa shape index (κ2) is 26.0. The SMILES string of the molecule is C.CC1C2c3ccccc3C(c3ccccc32)C1C.CC1CC2C3C=CC(C3)C2CC1C.CC1CC=CCC1C.CC1Cc2ccccc2CC1C.CCC1(C)CCC2CC1C2(C)C.CCC1C=CC(CC)C(C)C1C. The number of hydrogen-bond acceptors (Lipinski definition) is 0. The lowest BCUT2D eigenvalue weighted by Crippen LogP contribution is -2.56. The normalized spacial score (nSPS) is 40.4. The van der Waals surface area contributed by atoms with E-state index in [9.17, 15) is 0 Å². The van der Waals surface area contributed by atoms with Crippen molar-refractivity contribution in [3.8, 4) is 0 Å². The van der Waals surface area contributed by atoms with Crippen molar-refractivity contribution in [3.05, 3.63) is 143 Å². The largest absolute Gasteiger partial charge is 0.0883 e. The molecular weight excluding hydrogens is 913 g/mol. The van der Waals surface area contributed by atoms with Gasteiger partial charge in [-0.25, -0.2) is 0 Å². The fourth-order valence-electron chi connectivity index (χ4n) is 17.6. The lowest BCUT2D eigenvalue weighted by Gasteiger charge is -2.64. The molecule has 0 aliphatic heterocycles. The molecule has 15 rings (SSSR count). The fourth-order valence-corrected chi connectivity index (χ4v) is 17.6. The summed E-state index contributed by atoms with van der Waals surface area (Å²) in [6.45, 7) is 38.4. The van der Waals surface area contributed by atoms with Crippen LogP contribution in [0.4, 0.5) is 0 Å². The zero-order valence-electron chi connectivity index (χ0n) is 51.1. The Balaban J connectivity index is 0.000000134. The highest BCUT2D eigenvalue weighted by atomic mass is 14.6. The second-order valence-corrected chi connectivity index (χ2v) is 28.8. The Labute approximate surface area is 471 Å². The van der Waals surface area contributed by atoms with Crippen molar-refractivity contribution in [3.63, 3.8) is 0 Å². The average Bonchev–Trinajstić information content (AvgIpc) is 4.10. The Kier molecular flexibility index (Phi) is 20.7. The minimum atomic E-state index is 0. The van der Waals surface area contributed by atoms with Crippen molar-refractivity contribution >= 4 is 0 Å². The molecule has 19 atom stereocenters. The summed E-state index contributed by atoms with van der Waals surface area (Å²) in [5, 5.41) is 0. The van der Waals surface area contributed by atoms with Crippen molar-refractivity contribution in [1.29, 1.82) is 0 Å². The molecule has 12 aliphatic rings. The van der Waals surface area contributed by atoms with Crippen LogP contribution < -0.4 is 0 Å². The van der Waals surface area contributed by atoms with Gasteiger partial charge >= 0.3 is 0 Å². The summed E-state index contributed by atoms with van der Waals surface area (Å²) in [4.78, 5) is 0. The van der Waals surface area contributed by atoms with Gasteiger partial charge < -0.3 is 0 Å². The molecule has 5 saturated carbocycles. The van der Waals surface area contributed by atoms with Gasteiger partial charge in [0.05, 0.1) is 0 Å². The Bertz CT molecular complexity index is 2180. The molecule has 0 N–H and O–H groups in total. The van der Waals surface area contributed by atoms with Crippen molar-refractivity contribution in [2.75, 3.05) is 0 Å². The van der Waals surface area contributed by atoms with Gasteiger partial charge in [0.15, 0.2) is 0 Å². The minimum Gasteiger partial charge on any atom is -0.0883 e. The van der Waals surface area contributed by atoms with Crippen LogP contribution in [0.1, 0.15) is 234 Å². The first kappa shape index (κ1) is 60.5. The number of benzene rings is 3. The maximum Gasteiger partial charge on any atom is 0.0124 e. The van der Waals surface area contributed by atoms with Crippen molar-refractivity contribution < 1.29 is 0 Å². The van der Waals surface area contributed by atoms with E-state index in [0.29, 0.717) is 22.7 Å². The lowest BCUT2D eigenvalue weighted by atomic mass is 9.41. The molecule has 0 spiro atoms. The highest BCUT2D eigenvalue weighted by Gasteiger charge is 2.58. The van der Waals surface area contributed by atoms with E-state index in [1.165, 1.54) is 83.5 Å². The van der Waals surface area contributed by atoms with Gasteiger partial charge in [-0.1, -0.05) is 234 Å². The molecule has 0 heteroatoms. The van der Waals surface area contributed by atoms with Crippen LogP contribution in [0.3, 0.4) is 0 Å². The van der Waals surface area contributed by atoms with E-state index in [2.05, 4.69) is 220 Å². The quantitative estimate of drug-likeness (QED) is 0.229. The number of rotatable bonds is 3. The van der Waals surface area contributed by atoms with Crippen LogP contribution >= 0.6 is 0 Å². The third kappa shape index (κ3) is 12.6. The molecule has 0 nitrogen and oxygen atoms in total. The summed E-state index contributed by atoms with van der Waals surface area (Å²) in [7, 11) is 0. The maximum absolute atomic E-state index is 2.51. The first-order valence-electron chi connectivity index (χ1n) is 32.1. The summed E-state index contributed by atoms with van der Waals surface area (Å²) >= 11 is 0. The Morgan fingerprint density at radius 1 is 0.447 bits per heavy atom. The highest BCUT2D eigenvalue weighted by molar-refractivity contribution is 5.56. The van der Waals surface area contributed by atoms with Crippen LogP contribution in [-0.2, 0) is 12.8 Å². The number of hydrogen-bond donors (Lipinski definition) is 0. The molecule has 0 saturated heterocycles. The monoisotopic (exact) mass is 1030 g/mol.